The lowest BCUT2D eigenvalue weighted by molar-refractivity contribution is 0.102. The average Bonchev–Trinajstić information content (AvgIpc) is 3.31. The summed E-state index contributed by atoms with van der Waals surface area (Å²) in [5, 5.41) is 9.80. The van der Waals surface area contributed by atoms with Gasteiger partial charge < -0.3 is 14.2 Å². The number of nitrogens with zero attached hydrogens (tertiary/aromatic N) is 3. The van der Waals surface area contributed by atoms with Gasteiger partial charge in [-0.25, -0.2) is 0 Å². The van der Waals surface area contributed by atoms with Gasteiger partial charge in [0.05, 0.1) is 27.1 Å². The zero-order valence-corrected chi connectivity index (χ0v) is 20.1. The van der Waals surface area contributed by atoms with E-state index in [1.54, 1.807) is 45.6 Å². The molecule has 0 saturated heterocycles. The number of aromatic nitrogens is 3. The van der Waals surface area contributed by atoms with E-state index in [4.69, 9.17) is 14.2 Å². The Bertz CT molecular complexity index is 1070. The van der Waals surface area contributed by atoms with Crippen molar-refractivity contribution < 1.29 is 19.0 Å². The fourth-order valence-corrected chi connectivity index (χ4v) is 5.07. The Labute approximate surface area is 198 Å². The number of ether oxygens (including phenoxy) is 3. The third-order valence-corrected chi connectivity index (χ3v) is 6.90. The second-order valence-electron chi connectivity index (χ2n) is 8.01. The van der Waals surface area contributed by atoms with Crippen molar-refractivity contribution >= 4 is 17.5 Å². The quantitative estimate of drug-likeness (QED) is 0.306. The molecule has 3 aromatic rings. The summed E-state index contributed by atoms with van der Waals surface area (Å²) in [6.45, 7) is 0. The Hall–Kier alpha value is -3.00. The van der Waals surface area contributed by atoms with Crippen LogP contribution >= 0.6 is 11.8 Å². The number of benzene rings is 2. The molecule has 1 saturated carbocycles. The second-order valence-corrected chi connectivity index (χ2v) is 8.95. The van der Waals surface area contributed by atoms with Gasteiger partial charge in [0.25, 0.3) is 0 Å². The molecule has 1 heterocycles. The lowest BCUT2D eigenvalue weighted by Crippen LogP contribution is -2.15. The molecule has 2 aromatic carbocycles. The molecule has 0 unspecified atom stereocenters. The van der Waals surface area contributed by atoms with Crippen molar-refractivity contribution in [2.24, 2.45) is 0 Å². The predicted molar refractivity (Wildman–Crippen MR) is 129 cm³/mol. The van der Waals surface area contributed by atoms with E-state index in [0.29, 0.717) is 28.9 Å². The highest BCUT2D eigenvalue weighted by Crippen LogP contribution is 2.37. The SMILES string of the molecule is COc1ccc(C(=O)CSc2nnc(-c3cc(OC)cc(OC)c3)n2C2CCCCC2)cc1. The molecule has 174 valence electrons. The Morgan fingerprint density at radius 2 is 1.55 bits per heavy atom. The van der Waals surface area contributed by atoms with Crippen LogP contribution in [0.1, 0.15) is 48.5 Å². The maximum absolute atomic E-state index is 12.8. The molecule has 0 spiro atoms. The van der Waals surface area contributed by atoms with Crippen molar-refractivity contribution in [3.8, 4) is 28.6 Å². The van der Waals surface area contributed by atoms with Crippen LogP contribution in [0.15, 0.2) is 47.6 Å². The first-order valence-electron chi connectivity index (χ1n) is 11.1. The molecule has 0 bridgehead atoms. The lowest BCUT2D eigenvalue weighted by Gasteiger charge is -2.25. The van der Waals surface area contributed by atoms with Gasteiger partial charge in [0, 0.05) is 23.2 Å². The third-order valence-electron chi connectivity index (χ3n) is 5.96. The maximum Gasteiger partial charge on any atom is 0.192 e. The number of ketones is 1. The monoisotopic (exact) mass is 467 g/mol. The molecule has 0 N–H and O–H groups in total. The fourth-order valence-electron chi connectivity index (χ4n) is 4.17. The summed E-state index contributed by atoms with van der Waals surface area (Å²) >= 11 is 1.44. The highest BCUT2D eigenvalue weighted by molar-refractivity contribution is 7.99. The largest absolute Gasteiger partial charge is 0.497 e. The number of Topliss-reactive ketones (excluding diaryl/α,β-unsaturated/α-hetero) is 1. The molecule has 7 nitrogen and oxygen atoms in total. The average molecular weight is 468 g/mol. The van der Waals surface area contributed by atoms with E-state index in [9.17, 15) is 4.79 Å². The van der Waals surface area contributed by atoms with Gasteiger partial charge in [-0.1, -0.05) is 31.0 Å². The van der Waals surface area contributed by atoms with Crippen molar-refractivity contribution in [3.63, 3.8) is 0 Å². The van der Waals surface area contributed by atoms with Gasteiger partial charge >= 0.3 is 0 Å². The molecule has 0 atom stereocenters. The van der Waals surface area contributed by atoms with Gasteiger partial charge in [-0.05, 0) is 49.2 Å². The number of rotatable bonds is 9. The molecular formula is C25H29N3O4S. The summed E-state index contributed by atoms with van der Waals surface area (Å²) in [6, 6.07) is 13.2. The van der Waals surface area contributed by atoms with Gasteiger partial charge in [0.1, 0.15) is 17.2 Å². The fraction of sp³-hybridized carbons (Fsp3) is 0.400. The van der Waals surface area contributed by atoms with Crippen LogP contribution in [0.2, 0.25) is 0 Å². The first kappa shape index (κ1) is 23.2. The number of hydrogen-bond donors (Lipinski definition) is 0. The van der Waals surface area contributed by atoms with E-state index in [1.807, 2.05) is 18.2 Å². The summed E-state index contributed by atoms with van der Waals surface area (Å²) in [7, 11) is 4.88. The van der Waals surface area contributed by atoms with Crippen LogP contribution < -0.4 is 14.2 Å². The van der Waals surface area contributed by atoms with Crippen LogP contribution in [0, 0.1) is 0 Å². The van der Waals surface area contributed by atoms with Crippen LogP contribution in [0.25, 0.3) is 11.4 Å². The van der Waals surface area contributed by atoms with Crippen LogP contribution in [0.5, 0.6) is 17.2 Å². The first-order chi connectivity index (χ1) is 16.1. The zero-order valence-electron chi connectivity index (χ0n) is 19.2. The van der Waals surface area contributed by atoms with Crippen molar-refractivity contribution in [3.05, 3.63) is 48.0 Å². The molecule has 0 radical (unpaired) electrons. The Morgan fingerprint density at radius 1 is 0.909 bits per heavy atom. The number of carbonyl (C=O) groups is 1. The van der Waals surface area contributed by atoms with E-state index >= 15 is 0 Å². The molecule has 33 heavy (non-hydrogen) atoms. The van der Waals surface area contributed by atoms with Crippen molar-refractivity contribution in [1.82, 2.24) is 14.8 Å². The standard InChI is InChI=1S/C25H29N3O4S/c1-30-20-11-9-17(10-12-20)23(29)16-33-25-27-26-24(28(25)19-7-5-4-6-8-19)18-13-21(31-2)15-22(14-18)32-3/h9-15,19H,4-8,16H2,1-3H3. The van der Waals surface area contributed by atoms with Crippen molar-refractivity contribution in [1.29, 1.82) is 0 Å². The van der Waals surface area contributed by atoms with Gasteiger partial charge in [0.2, 0.25) is 0 Å². The Kier molecular flexibility index (Phi) is 7.54. The Balaban J connectivity index is 1.63. The summed E-state index contributed by atoms with van der Waals surface area (Å²) in [5.41, 5.74) is 1.54. The highest BCUT2D eigenvalue weighted by Gasteiger charge is 2.25. The summed E-state index contributed by atoms with van der Waals surface area (Å²) in [5.74, 6) is 3.25. The molecular weight excluding hydrogens is 438 g/mol. The molecule has 8 heteroatoms. The maximum atomic E-state index is 12.8. The summed E-state index contributed by atoms with van der Waals surface area (Å²) < 4.78 is 18.3. The Morgan fingerprint density at radius 3 is 2.15 bits per heavy atom. The predicted octanol–water partition coefficient (Wildman–Crippen LogP) is 5.45. The third kappa shape index (κ3) is 5.33. The topological polar surface area (TPSA) is 75.5 Å². The molecule has 1 aliphatic rings. The van der Waals surface area contributed by atoms with Gasteiger partial charge in [-0.3, -0.25) is 9.36 Å². The van der Waals surface area contributed by atoms with Crippen molar-refractivity contribution in [2.45, 2.75) is 43.3 Å². The molecule has 1 fully saturated rings. The first-order valence-corrected chi connectivity index (χ1v) is 12.1. The molecule has 1 aliphatic carbocycles. The smallest absolute Gasteiger partial charge is 0.192 e. The minimum Gasteiger partial charge on any atom is -0.497 e. The van der Waals surface area contributed by atoms with E-state index in [2.05, 4.69) is 14.8 Å². The minimum atomic E-state index is 0.0467. The lowest BCUT2D eigenvalue weighted by atomic mass is 9.95. The summed E-state index contributed by atoms with van der Waals surface area (Å²) in [4.78, 5) is 12.8. The number of carbonyl (C=O) groups excluding carboxylic acids is 1. The second kappa shape index (κ2) is 10.7. The van der Waals surface area contributed by atoms with Crippen LogP contribution in [0.4, 0.5) is 0 Å². The molecule has 0 amide bonds. The minimum absolute atomic E-state index is 0.0467. The number of thioether (sulfide) groups is 1. The number of methoxy groups -OCH3 is 3. The van der Waals surface area contributed by atoms with Crippen LogP contribution in [-0.4, -0.2) is 47.6 Å². The normalized spacial score (nSPS) is 14.2. The van der Waals surface area contributed by atoms with E-state index in [1.165, 1.54) is 31.0 Å². The van der Waals surface area contributed by atoms with Crippen LogP contribution in [-0.2, 0) is 0 Å². The van der Waals surface area contributed by atoms with Crippen molar-refractivity contribution in [2.75, 3.05) is 27.1 Å². The zero-order chi connectivity index (χ0) is 23.2. The van der Waals surface area contributed by atoms with Gasteiger partial charge in [-0.2, -0.15) is 0 Å². The van der Waals surface area contributed by atoms with Gasteiger partial charge in [-0.15, -0.1) is 10.2 Å². The number of hydrogen-bond acceptors (Lipinski definition) is 7. The molecule has 4 rings (SSSR count). The highest BCUT2D eigenvalue weighted by atomic mass is 32.2. The van der Waals surface area contributed by atoms with Gasteiger partial charge in [0.15, 0.2) is 16.8 Å². The van der Waals surface area contributed by atoms with E-state index in [0.717, 1.165) is 35.1 Å². The van der Waals surface area contributed by atoms with E-state index in [-0.39, 0.29) is 5.78 Å². The van der Waals surface area contributed by atoms with E-state index < -0.39 is 0 Å². The van der Waals surface area contributed by atoms with Crippen LogP contribution in [0.3, 0.4) is 0 Å². The summed E-state index contributed by atoms with van der Waals surface area (Å²) in [6.07, 6.45) is 5.76. The molecule has 1 aromatic heterocycles. The molecule has 0 aliphatic heterocycles.